The molecule has 39 heavy (non-hydrogen) atoms. The summed E-state index contributed by atoms with van der Waals surface area (Å²) >= 11 is 0. The number of hydrogen-bond acceptors (Lipinski definition) is 6. The van der Waals surface area contributed by atoms with Crippen LogP contribution < -0.4 is 5.32 Å². The van der Waals surface area contributed by atoms with Crippen molar-refractivity contribution in [2.24, 2.45) is 50.7 Å². The van der Waals surface area contributed by atoms with Gasteiger partial charge in [-0.3, -0.25) is 4.79 Å². The van der Waals surface area contributed by atoms with Gasteiger partial charge in [0, 0.05) is 18.4 Å². The van der Waals surface area contributed by atoms with Gasteiger partial charge in [0.1, 0.15) is 0 Å². The summed E-state index contributed by atoms with van der Waals surface area (Å²) in [4.78, 5) is 12.0. The fourth-order valence-electron chi connectivity index (χ4n) is 12.9. The van der Waals surface area contributed by atoms with Gasteiger partial charge in [-0.1, -0.05) is 34.6 Å². The first kappa shape index (κ1) is 28.4. The lowest BCUT2D eigenvalue weighted by atomic mass is 9.41. The molecule has 6 rings (SSSR count). The second kappa shape index (κ2) is 8.45. The van der Waals surface area contributed by atoms with Crippen LogP contribution in [0.3, 0.4) is 0 Å². The standard InChI is InChI=1S/C33H55NO5/c1-18-16-20(27(29(5,6)37)38-19(2)35)39-25-24(18)30(7)14-15-33-17-32(33)13-12-23(34-9)28(3,4)21(32)10-11-22(33)31(30,8)26(25)36/h18,20-27,34,36-37H,10-17H2,1-9H3/t18-,20-,21+,22+,23+,24?,25?,26+,27+,30-,31-,32?,33?/m1/s1. The highest BCUT2D eigenvalue weighted by Crippen LogP contribution is 2.89. The Bertz CT molecular complexity index is 1020. The third-order valence-electron chi connectivity index (χ3n) is 14.5. The van der Waals surface area contributed by atoms with Crippen molar-refractivity contribution in [1.82, 2.24) is 5.32 Å². The summed E-state index contributed by atoms with van der Waals surface area (Å²) in [6, 6.07) is 0.582. The van der Waals surface area contributed by atoms with Gasteiger partial charge in [0.2, 0.25) is 0 Å². The Labute approximate surface area is 236 Å². The van der Waals surface area contributed by atoms with Crippen LogP contribution in [0.25, 0.3) is 0 Å². The molecule has 13 atom stereocenters. The molecule has 1 aliphatic heterocycles. The molecule has 3 N–H and O–H groups in total. The van der Waals surface area contributed by atoms with Crippen molar-refractivity contribution < 1.29 is 24.5 Å². The Hall–Kier alpha value is -0.690. The molecule has 2 spiro atoms. The Kier molecular flexibility index (Phi) is 6.16. The monoisotopic (exact) mass is 545 g/mol. The van der Waals surface area contributed by atoms with Crippen LogP contribution in [-0.4, -0.2) is 59.3 Å². The van der Waals surface area contributed by atoms with E-state index in [9.17, 15) is 15.0 Å². The van der Waals surface area contributed by atoms with Crippen LogP contribution >= 0.6 is 0 Å². The molecule has 5 aliphatic carbocycles. The molecule has 0 amide bonds. The predicted molar refractivity (Wildman–Crippen MR) is 151 cm³/mol. The number of aliphatic hydroxyl groups excluding tert-OH is 1. The van der Waals surface area contributed by atoms with Gasteiger partial charge in [-0.05, 0) is 118 Å². The normalized spacial score (nSPS) is 54.3. The second-order valence-electron chi connectivity index (χ2n) is 16.6. The maximum atomic E-state index is 12.4. The molecule has 6 aliphatic rings. The molecule has 1 saturated heterocycles. The van der Waals surface area contributed by atoms with E-state index in [1.807, 2.05) is 0 Å². The Morgan fingerprint density at radius 2 is 1.69 bits per heavy atom. The van der Waals surface area contributed by atoms with E-state index in [0.29, 0.717) is 34.1 Å². The lowest BCUT2D eigenvalue weighted by molar-refractivity contribution is -0.216. The quantitative estimate of drug-likeness (QED) is 0.427. The van der Waals surface area contributed by atoms with Crippen LogP contribution in [0.4, 0.5) is 0 Å². The van der Waals surface area contributed by atoms with Gasteiger partial charge in [0.05, 0.1) is 23.9 Å². The van der Waals surface area contributed by atoms with Crippen LogP contribution in [0, 0.1) is 50.7 Å². The molecule has 0 bridgehead atoms. The molecule has 222 valence electrons. The first-order chi connectivity index (χ1) is 18.0. The number of rotatable bonds is 4. The number of hydrogen-bond donors (Lipinski definition) is 3. The van der Waals surface area contributed by atoms with E-state index in [1.165, 1.54) is 45.4 Å². The van der Waals surface area contributed by atoms with Gasteiger partial charge >= 0.3 is 5.97 Å². The summed E-state index contributed by atoms with van der Waals surface area (Å²) in [5, 5.41) is 27.0. The first-order valence-electron chi connectivity index (χ1n) is 15.9. The van der Waals surface area contributed by atoms with Crippen LogP contribution in [0.15, 0.2) is 0 Å². The van der Waals surface area contributed by atoms with E-state index >= 15 is 0 Å². The van der Waals surface area contributed by atoms with Gasteiger partial charge in [0.15, 0.2) is 6.10 Å². The molecule has 1 heterocycles. The minimum atomic E-state index is -1.23. The highest BCUT2D eigenvalue weighted by Gasteiger charge is 2.84. The SMILES string of the molecule is CN[C@H]1CCC23CC24CC[C@]2(C)C5C(O[C@@H]([C@H](OC(C)=O)C(C)(C)O)C[C@H]5C)[C@H](O)[C@@]2(C)[C@@H]4CC[C@H]3C1(C)C. The smallest absolute Gasteiger partial charge is 0.303 e. The van der Waals surface area contributed by atoms with E-state index in [4.69, 9.17) is 9.47 Å². The van der Waals surface area contributed by atoms with Gasteiger partial charge in [-0.25, -0.2) is 0 Å². The molecule has 0 radical (unpaired) electrons. The summed E-state index contributed by atoms with van der Waals surface area (Å²) in [7, 11) is 2.14. The molecular formula is C33H55NO5. The number of carbonyl (C=O) groups is 1. The number of fused-ring (bicyclic) bond motifs is 4. The lowest BCUT2D eigenvalue weighted by Gasteiger charge is -2.64. The summed E-state index contributed by atoms with van der Waals surface area (Å²) in [6.07, 6.45) is 7.50. The van der Waals surface area contributed by atoms with Crippen molar-refractivity contribution in [3.8, 4) is 0 Å². The Morgan fingerprint density at radius 3 is 2.31 bits per heavy atom. The van der Waals surface area contributed by atoms with Gasteiger partial charge in [0.25, 0.3) is 0 Å². The van der Waals surface area contributed by atoms with Crippen molar-refractivity contribution in [2.75, 3.05) is 7.05 Å². The van der Waals surface area contributed by atoms with Crippen molar-refractivity contribution in [3.63, 3.8) is 0 Å². The van der Waals surface area contributed by atoms with Crippen molar-refractivity contribution in [1.29, 1.82) is 0 Å². The Balaban J connectivity index is 1.34. The molecule has 0 aromatic heterocycles. The van der Waals surface area contributed by atoms with Gasteiger partial charge < -0.3 is 25.0 Å². The molecule has 6 fully saturated rings. The molecule has 0 aromatic carbocycles. The fraction of sp³-hybridized carbons (Fsp3) is 0.970. The maximum absolute atomic E-state index is 12.4. The number of esters is 1. The number of carbonyl (C=O) groups excluding carboxylic acids is 1. The average Bonchev–Trinajstić information content (AvgIpc) is 3.46. The number of ether oxygens (including phenoxy) is 2. The second-order valence-corrected chi connectivity index (χ2v) is 16.6. The molecular weight excluding hydrogens is 490 g/mol. The summed E-state index contributed by atoms with van der Waals surface area (Å²) in [5.41, 5.74) is -0.370. The predicted octanol–water partition coefficient (Wildman–Crippen LogP) is 5.09. The van der Waals surface area contributed by atoms with Crippen LogP contribution in [0.2, 0.25) is 0 Å². The lowest BCUT2D eigenvalue weighted by Crippen LogP contribution is -2.60. The summed E-state index contributed by atoms with van der Waals surface area (Å²) in [5.74, 6) is 1.41. The van der Waals surface area contributed by atoms with Crippen LogP contribution in [-0.2, 0) is 14.3 Å². The zero-order valence-electron chi connectivity index (χ0n) is 26.0. The van der Waals surface area contributed by atoms with Crippen LogP contribution in [0.5, 0.6) is 0 Å². The van der Waals surface area contributed by atoms with E-state index in [0.717, 1.165) is 18.8 Å². The maximum Gasteiger partial charge on any atom is 0.303 e. The minimum absolute atomic E-state index is 0.00262. The third kappa shape index (κ3) is 3.38. The molecule has 0 aromatic rings. The van der Waals surface area contributed by atoms with Crippen molar-refractivity contribution >= 4 is 5.97 Å². The number of nitrogens with one attached hydrogen (secondary N) is 1. The summed E-state index contributed by atoms with van der Waals surface area (Å²) in [6.45, 7) is 17.0. The highest BCUT2D eigenvalue weighted by atomic mass is 16.6. The zero-order chi connectivity index (χ0) is 28.6. The molecule has 4 unspecified atom stereocenters. The number of aliphatic hydroxyl groups is 2. The molecule has 5 saturated carbocycles. The topological polar surface area (TPSA) is 88.0 Å². The van der Waals surface area contributed by atoms with Crippen molar-refractivity contribution in [3.05, 3.63) is 0 Å². The van der Waals surface area contributed by atoms with E-state index in [-0.39, 0.29) is 22.9 Å². The Morgan fingerprint density at radius 1 is 1.05 bits per heavy atom. The molecule has 6 nitrogen and oxygen atoms in total. The van der Waals surface area contributed by atoms with E-state index in [2.05, 4.69) is 47.0 Å². The minimum Gasteiger partial charge on any atom is -0.457 e. The zero-order valence-corrected chi connectivity index (χ0v) is 26.0. The fourth-order valence-corrected chi connectivity index (χ4v) is 12.9. The van der Waals surface area contributed by atoms with Crippen molar-refractivity contribution in [2.45, 2.75) is 143 Å². The van der Waals surface area contributed by atoms with Gasteiger partial charge in [-0.2, -0.15) is 0 Å². The van der Waals surface area contributed by atoms with Gasteiger partial charge in [-0.15, -0.1) is 0 Å². The largest absolute Gasteiger partial charge is 0.457 e. The van der Waals surface area contributed by atoms with E-state index < -0.39 is 29.9 Å². The van der Waals surface area contributed by atoms with E-state index in [1.54, 1.807) is 13.8 Å². The van der Waals surface area contributed by atoms with Crippen LogP contribution in [0.1, 0.15) is 107 Å². The highest BCUT2D eigenvalue weighted by molar-refractivity contribution is 5.66. The summed E-state index contributed by atoms with van der Waals surface area (Å²) < 4.78 is 12.5. The first-order valence-corrected chi connectivity index (χ1v) is 15.9. The third-order valence-corrected chi connectivity index (χ3v) is 14.5. The molecule has 6 heteroatoms. The average molecular weight is 546 g/mol.